The lowest BCUT2D eigenvalue weighted by molar-refractivity contribution is -0.111. The van der Waals surface area contributed by atoms with Crippen molar-refractivity contribution in [2.75, 3.05) is 11.1 Å². The van der Waals surface area contributed by atoms with E-state index in [1.54, 1.807) is 31.2 Å². The maximum absolute atomic E-state index is 11.7. The minimum absolute atomic E-state index is 0.186. The molecule has 192 valence electrons. The van der Waals surface area contributed by atoms with Crippen LogP contribution in [0.2, 0.25) is 5.02 Å². The molecule has 0 saturated heterocycles. The van der Waals surface area contributed by atoms with Gasteiger partial charge >= 0.3 is 6.01 Å². The number of halogens is 1. The Morgan fingerprint density at radius 1 is 1.13 bits per heavy atom. The molecule has 5 aromatic rings. The van der Waals surface area contributed by atoms with Crippen LogP contribution in [-0.4, -0.2) is 25.4 Å². The van der Waals surface area contributed by atoms with Gasteiger partial charge in [0, 0.05) is 24.5 Å². The van der Waals surface area contributed by atoms with E-state index in [1.807, 2.05) is 35.9 Å². The van der Waals surface area contributed by atoms with Gasteiger partial charge in [-0.25, -0.2) is 9.97 Å². The zero-order chi connectivity index (χ0) is 27.7. The standard InChI is InChI=1S/C29H22ClN7O2/c1-4-23(38)36-20-9-5-18(6-10-20)26-24(25-27(37(26)3)19(13-31)14-33-28(25)32)17-7-11-21(12-8-17)39-29-34-15-22(30)16(2)35-29/h4-12,14-15H,1H2,2-3H3,(H2,32,33)(H,36,38). The molecule has 3 aromatic heterocycles. The molecule has 9 nitrogen and oxygen atoms in total. The van der Waals surface area contributed by atoms with Crippen molar-refractivity contribution >= 4 is 39.9 Å². The largest absolute Gasteiger partial charge is 0.424 e. The number of carbonyl (C=O) groups is 1. The van der Waals surface area contributed by atoms with E-state index in [0.29, 0.717) is 44.4 Å². The van der Waals surface area contributed by atoms with Crippen LogP contribution in [0.5, 0.6) is 11.8 Å². The monoisotopic (exact) mass is 535 g/mol. The third-order valence-corrected chi connectivity index (χ3v) is 6.59. The van der Waals surface area contributed by atoms with Crippen molar-refractivity contribution < 1.29 is 9.53 Å². The third-order valence-electron chi connectivity index (χ3n) is 6.22. The summed E-state index contributed by atoms with van der Waals surface area (Å²) in [5.74, 6) is 0.543. The van der Waals surface area contributed by atoms with Gasteiger partial charge in [-0.05, 0) is 48.4 Å². The Kier molecular flexibility index (Phi) is 6.71. The first-order valence-corrected chi connectivity index (χ1v) is 12.2. The van der Waals surface area contributed by atoms with Gasteiger partial charge in [0.05, 0.1) is 39.1 Å². The lowest BCUT2D eigenvalue weighted by Gasteiger charge is -2.11. The lowest BCUT2D eigenvalue weighted by Crippen LogP contribution is -2.06. The Bertz CT molecular complexity index is 1790. The number of aromatic nitrogens is 4. The molecule has 0 atom stereocenters. The van der Waals surface area contributed by atoms with Gasteiger partial charge in [0.25, 0.3) is 0 Å². The molecule has 0 bridgehead atoms. The molecule has 5 rings (SSSR count). The normalized spacial score (nSPS) is 10.7. The summed E-state index contributed by atoms with van der Waals surface area (Å²) < 4.78 is 7.76. The van der Waals surface area contributed by atoms with Crippen LogP contribution in [0.1, 0.15) is 11.3 Å². The van der Waals surface area contributed by atoms with Gasteiger partial charge in [-0.2, -0.15) is 10.2 Å². The van der Waals surface area contributed by atoms with E-state index in [0.717, 1.165) is 22.4 Å². The summed E-state index contributed by atoms with van der Waals surface area (Å²) in [5, 5.41) is 13.7. The van der Waals surface area contributed by atoms with Gasteiger partial charge in [0.2, 0.25) is 5.91 Å². The molecule has 0 saturated carbocycles. The van der Waals surface area contributed by atoms with E-state index in [-0.39, 0.29) is 11.9 Å². The summed E-state index contributed by atoms with van der Waals surface area (Å²) in [7, 11) is 1.88. The summed E-state index contributed by atoms with van der Waals surface area (Å²) in [6, 6.07) is 17.2. The number of carbonyl (C=O) groups excluding carboxylic acids is 1. The lowest BCUT2D eigenvalue weighted by atomic mass is 9.98. The van der Waals surface area contributed by atoms with E-state index in [2.05, 4.69) is 32.9 Å². The van der Waals surface area contributed by atoms with Gasteiger partial charge in [-0.15, -0.1) is 0 Å². The zero-order valence-electron chi connectivity index (χ0n) is 21.1. The van der Waals surface area contributed by atoms with Gasteiger partial charge in [0.1, 0.15) is 17.6 Å². The van der Waals surface area contributed by atoms with Crippen LogP contribution in [0, 0.1) is 18.3 Å². The van der Waals surface area contributed by atoms with E-state index < -0.39 is 0 Å². The highest BCUT2D eigenvalue weighted by molar-refractivity contribution is 6.31. The summed E-state index contributed by atoms with van der Waals surface area (Å²) in [5.41, 5.74) is 12.0. The van der Waals surface area contributed by atoms with Crippen LogP contribution in [-0.2, 0) is 11.8 Å². The average Bonchev–Trinajstić information content (AvgIpc) is 3.25. The molecule has 0 unspecified atom stereocenters. The smallest absolute Gasteiger partial charge is 0.322 e. The van der Waals surface area contributed by atoms with Crippen LogP contribution in [0.15, 0.2) is 73.6 Å². The number of hydrogen-bond acceptors (Lipinski definition) is 7. The number of aryl methyl sites for hydroxylation is 2. The Balaban J connectivity index is 1.64. The summed E-state index contributed by atoms with van der Waals surface area (Å²) >= 11 is 6.02. The topological polar surface area (TPSA) is 132 Å². The van der Waals surface area contributed by atoms with Crippen LogP contribution in [0.25, 0.3) is 33.3 Å². The minimum Gasteiger partial charge on any atom is -0.424 e. The maximum atomic E-state index is 11.7. The Morgan fingerprint density at radius 2 is 1.82 bits per heavy atom. The molecule has 0 aliphatic carbocycles. The molecular weight excluding hydrogens is 514 g/mol. The number of nitrogens with one attached hydrogen (secondary N) is 1. The second kappa shape index (κ2) is 10.3. The quantitative estimate of drug-likeness (QED) is 0.254. The predicted octanol–water partition coefficient (Wildman–Crippen LogP) is 6.03. The number of ether oxygens (including phenoxy) is 1. The fraction of sp³-hybridized carbons (Fsp3) is 0.0690. The van der Waals surface area contributed by atoms with E-state index >= 15 is 0 Å². The molecular formula is C29H22ClN7O2. The van der Waals surface area contributed by atoms with Crippen molar-refractivity contribution in [2.45, 2.75) is 6.92 Å². The second-order valence-corrected chi connectivity index (χ2v) is 9.07. The number of fused-ring (bicyclic) bond motifs is 1. The molecule has 39 heavy (non-hydrogen) atoms. The SMILES string of the molecule is C=CC(=O)Nc1ccc(-c2c(-c3ccc(Oc4ncc(Cl)c(C)n4)cc3)c3c(N)ncc(C#N)c3n2C)cc1. The van der Waals surface area contributed by atoms with Gasteiger partial charge in [0.15, 0.2) is 0 Å². The Hall–Kier alpha value is -5.20. The van der Waals surface area contributed by atoms with Crippen molar-refractivity contribution in [3.05, 3.63) is 89.9 Å². The number of rotatable bonds is 6. The first-order valence-electron chi connectivity index (χ1n) is 11.8. The van der Waals surface area contributed by atoms with E-state index in [9.17, 15) is 10.1 Å². The van der Waals surface area contributed by atoms with Crippen molar-refractivity contribution in [1.82, 2.24) is 19.5 Å². The highest BCUT2D eigenvalue weighted by Gasteiger charge is 2.23. The number of pyridine rings is 1. The molecule has 0 radical (unpaired) electrons. The predicted molar refractivity (Wildman–Crippen MR) is 151 cm³/mol. The first kappa shape index (κ1) is 25.4. The van der Waals surface area contributed by atoms with Crippen molar-refractivity contribution in [1.29, 1.82) is 5.26 Å². The van der Waals surface area contributed by atoms with Crippen molar-refractivity contribution in [3.63, 3.8) is 0 Å². The van der Waals surface area contributed by atoms with Crippen LogP contribution in [0.4, 0.5) is 11.5 Å². The molecule has 3 N–H and O–H groups in total. The fourth-order valence-electron chi connectivity index (χ4n) is 4.39. The molecule has 0 spiro atoms. The number of amides is 1. The van der Waals surface area contributed by atoms with Crippen LogP contribution in [0.3, 0.4) is 0 Å². The number of nitriles is 1. The molecule has 10 heteroatoms. The first-order chi connectivity index (χ1) is 18.8. The Morgan fingerprint density at radius 3 is 2.46 bits per heavy atom. The van der Waals surface area contributed by atoms with Gasteiger partial charge in [-0.3, -0.25) is 4.79 Å². The van der Waals surface area contributed by atoms with Crippen LogP contribution >= 0.6 is 11.6 Å². The number of nitrogens with two attached hydrogens (primary N) is 1. The van der Waals surface area contributed by atoms with Crippen molar-refractivity contribution in [2.24, 2.45) is 7.05 Å². The van der Waals surface area contributed by atoms with Crippen LogP contribution < -0.4 is 15.8 Å². The fourth-order valence-corrected chi connectivity index (χ4v) is 4.48. The second-order valence-electron chi connectivity index (χ2n) is 8.66. The molecule has 2 aromatic carbocycles. The van der Waals surface area contributed by atoms with Crippen molar-refractivity contribution in [3.8, 4) is 40.2 Å². The number of benzene rings is 2. The Labute approximate surface area is 229 Å². The summed E-state index contributed by atoms with van der Waals surface area (Å²) in [6.07, 6.45) is 4.18. The molecule has 0 aliphatic heterocycles. The van der Waals surface area contributed by atoms with E-state index in [1.165, 1.54) is 18.5 Å². The number of anilines is 2. The number of nitrogens with zero attached hydrogens (tertiary/aromatic N) is 5. The van der Waals surface area contributed by atoms with Gasteiger partial charge < -0.3 is 20.4 Å². The highest BCUT2D eigenvalue weighted by atomic mass is 35.5. The maximum Gasteiger partial charge on any atom is 0.322 e. The highest BCUT2D eigenvalue weighted by Crippen LogP contribution is 2.43. The molecule has 3 heterocycles. The number of hydrogen-bond donors (Lipinski definition) is 2. The minimum atomic E-state index is -0.299. The zero-order valence-corrected chi connectivity index (χ0v) is 21.8. The van der Waals surface area contributed by atoms with Gasteiger partial charge in [-0.1, -0.05) is 42.4 Å². The summed E-state index contributed by atoms with van der Waals surface area (Å²) in [6.45, 7) is 5.26. The number of nitrogen functional groups attached to an aromatic ring is 1. The third kappa shape index (κ3) is 4.77. The molecule has 0 aliphatic rings. The summed E-state index contributed by atoms with van der Waals surface area (Å²) in [4.78, 5) is 24.4. The van der Waals surface area contributed by atoms with E-state index in [4.69, 9.17) is 22.1 Å². The average molecular weight is 536 g/mol. The molecule has 0 fully saturated rings. The molecule has 1 amide bonds.